The van der Waals surface area contributed by atoms with Crippen LogP contribution in [0.2, 0.25) is 4.34 Å². The summed E-state index contributed by atoms with van der Waals surface area (Å²) in [4.78, 5) is 0.819. The summed E-state index contributed by atoms with van der Waals surface area (Å²) in [5, 5.41) is 9.57. The van der Waals surface area contributed by atoms with Gasteiger partial charge in [0.05, 0.1) is 0 Å². The quantitative estimate of drug-likeness (QED) is 0.809. The van der Waals surface area contributed by atoms with Gasteiger partial charge in [-0.1, -0.05) is 18.2 Å². The Balaban J connectivity index is 2.96. The standard InChI is InChI=1S/C8H8BrClOS/c1-4(2)7(11)6-3-5(9)8(10)12-6/h3,7,11H,1H2,2H3. The third-order valence-electron chi connectivity index (χ3n) is 1.40. The summed E-state index contributed by atoms with van der Waals surface area (Å²) in [6, 6.07) is 1.81. The van der Waals surface area contributed by atoms with Gasteiger partial charge in [0.25, 0.3) is 0 Å². The lowest BCUT2D eigenvalue weighted by atomic mass is 10.2. The summed E-state index contributed by atoms with van der Waals surface area (Å²) in [7, 11) is 0. The first-order chi connectivity index (χ1) is 5.52. The minimum absolute atomic E-state index is 0.598. The number of halogens is 2. The van der Waals surface area contributed by atoms with E-state index in [0.717, 1.165) is 14.9 Å². The third kappa shape index (κ3) is 2.10. The van der Waals surface area contributed by atoms with E-state index in [4.69, 9.17) is 11.6 Å². The van der Waals surface area contributed by atoms with Crippen molar-refractivity contribution < 1.29 is 5.11 Å². The second kappa shape index (κ2) is 3.92. The monoisotopic (exact) mass is 266 g/mol. The highest BCUT2D eigenvalue weighted by Crippen LogP contribution is 2.36. The van der Waals surface area contributed by atoms with Crippen LogP contribution in [0.5, 0.6) is 0 Å². The Morgan fingerprint density at radius 2 is 2.42 bits per heavy atom. The van der Waals surface area contributed by atoms with Crippen LogP contribution < -0.4 is 0 Å². The average molecular weight is 268 g/mol. The van der Waals surface area contributed by atoms with Crippen LogP contribution in [0, 0.1) is 0 Å². The van der Waals surface area contributed by atoms with Crippen molar-refractivity contribution in [2.75, 3.05) is 0 Å². The first-order valence-electron chi connectivity index (χ1n) is 3.30. The summed E-state index contributed by atoms with van der Waals surface area (Å²) < 4.78 is 1.48. The highest BCUT2D eigenvalue weighted by Gasteiger charge is 2.13. The molecule has 0 saturated heterocycles. The molecule has 1 N–H and O–H groups in total. The third-order valence-corrected chi connectivity index (χ3v) is 3.93. The van der Waals surface area contributed by atoms with E-state index in [0.29, 0.717) is 4.34 Å². The van der Waals surface area contributed by atoms with E-state index in [-0.39, 0.29) is 0 Å². The van der Waals surface area contributed by atoms with Gasteiger partial charge in [-0.25, -0.2) is 0 Å². The molecule has 0 bridgehead atoms. The molecule has 0 aliphatic heterocycles. The van der Waals surface area contributed by atoms with Crippen LogP contribution in [0.25, 0.3) is 0 Å². The summed E-state index contributed by atoms with van der Waals surface area (Å²) in [5.41, 5.74) is 0.723. The van der Waals surface area contributed by atoms with Crippen molar-refractivity contribution in [1.29, 1.82) is 0 Å². The van der Waals surface area contributed by atoms with Crippen LogP contribution in [-0.4, -0.2) is 5.11 Å². The zero-order valence-corrected chi connectivity index (χ0v) is 9.63. The highest BCUT2D eigenvalue weighted by atomic mass is 79.9. The van der Waals surface area contributed by atoms with Gasteiger partial charge >= 0.3 is 0 Å². The van der Waals surface area contributed by atoms with Crippen molar-refractivity contribution >= 4 is 38.9 Å². The zero-order valence-electron chi connectivity index (χ0n) is 6.47. The van der Waals surface area contributed by atoms with Crippen molar-refractivity contribution in [3.8, 4) is 0 Å². The van der Waals surface area contributed by atoms with Gasteiger partial charge in [0.15, 0.2) is 0 Å². The molecule has 1 heterocycles. The molecule has 66 valence electrons. The Kier molecular flexibility index (Phi) is 3.35. The highest BCUT2D eigenvalue weighted by molar-refractivity contribution is 9.10. The lowest BCUT2D eigenvalue weighted by molar-refractivity contribution is 0.220. The fourth-order valence-corrected chi connectivity index (χ4v) is 2.56. The van der Waals surface area contributed by atoms with Gasteiger partial charge in [0.2, 0.25) is 0 Å². The van der Waals surface area contributed by atoms with Gasteiger partial charge in [-0.05, 0) is 34.5 Å². The van der Waals surface area contributed by atoms with Crippen LogP contribution in [0.15, 0.2) is 22.7 Å². The van der Waals surface area contributed by atoms with Crippen molar-refractivity contribution in [3.05, 3.63) is 31.9 Å². The van der Waals surface area contributed by atoms with E-state index in [2.05, 4.69) is 22.5 Å². The van der Waals surface area contributed by atoms with E-state index in [1.807, 2.05) is 6.07 Å². The van der Waals surface area contributed by atoms with E-state index in [9.17, 15) is 5.11 Å². The number of hydrogen-bond donors (Lipinski definition) is 1. The largest absolute Gasteiger partial charge is 0.383 e. The van der Waals surface area contributed by atoms with Crippen molar-refractivity contribution in [2.24, 2.45) is 0 Å². The number of thiophene rings is 1. The summed E-state index contributed by atoms with van der Waals surface area (Å²) in [6.45, 7) is 5.45. The molecule has 0 aromatic carbocycles. The lowest BCUT2D eigenvalue weighted by Gasteiger charge is -2.05. The molecule has 12 heavy (non-hydrogen) atoms. The molecule has 1 rings (SSSR count). The van der Waals surface area contributed by atoms with Gasteiger partial charge in [0, 0.05) is 9.35 Å². The van der Waals surface area contributed by atoms with Gasteiger partial charge in [-0.15, -0.1) is 11.3 Å². The Morgan fingerprint density at radius 1 is 1.83 bits per heavy atom. The van der Waals surface area contributed by atoms with Gasteiger partial charge in [-0.3, -0.25) is 0 Å². The van der Waals surface area contributed by atoms with Gasteiger partial charge in [-0.2, -0.15) is 0 Å². The number of rotatable bonds is 2. The molecule has 1 aromatic heterocycles. The van der Waals surface area contributed by atoms with E-state index < -0.39 is 6.10 Å². The molecule has 0 fully saturated rings. The predicted octanol–water partition coefficient (Wildman–Crippen LogP) is 3.77. The Hall–Kier alpha value is 0.170. The molecule has 1 aromatic rings. The smallest absolute Gasteiger partial charge is 0.109 e. The fourth-order valence-electron chi connectivity index (χ4n) is 0.741. The molecular formula is C8H8BrClOS. The molecule has 4 heteroatoms. The maximum atomic E-state index is 9.57. The Morgan fingerprint density at radius 3 is 2.75 bits per heavy atom. The van der Waals surface area contributed by atoms with Crippen molar-refractivity contribution in [2.45, 2.75) is 13.0 Å². The molecule has 1 nitrogen and oxygen atoms in total. The summed E-state index contributed by atoms with van der Waals surface area (Å²) >= 11 is 10.4. The second-order valence-corrected chi connectivity index (χ2v) is 5.06. The SMILES string of the molecule is C=C(C)C(O)c1cc(Br)c(Cl)s1. The van der Waals surface area contributed by atoms with E-state index in [1.165, 1.54) is 11.3 Å². The predicted molar refractivity (Wildman–Crippen MR) is 56.8 cm³/mol. The van der Waals surface area contributed by atoms with Gasteiger partial charge in [0.1, 0.15) is 10.4 Å². The summed E-state index contributed by atoms with van der Waals surface area (Å²) in [5.74, 6) is 0. The minimum atomic E-state index is -0.598. The Labute approximate surface area is 88.8 Å². The molecule has 0 saturated carbocycles. The Bertz CT molecular complexity index is 289. The average Bonchev–Trinajstić information content (AvgIpc) is 2.30. The normalized spacial score (nSPS) is 13.0. The molecule has 0 amide bonds. The number of aliphatic hydroxyl groups is 1. The number of hydrogen-bond acceptors (Lipinski definition) is 2. The second-order valence-electron chi connectivity index (χ2n) is 2.52. The molecule has 1 atom stereocenters. The van der Waals surface area contributed by atoms with E-state index in [1.54, 1.807) is 6.92 Å². The van der Waals surface area contributed by atoms with Crippen molar-refractivity contribution in [3.63, 3.8) is 0 Å². The number of aliphatic hydroxyl groups excluding tert-OH is 1. The molecule has 0 aliphatic carbocycles. The first-order valence-corrected chi connectivity index (χ1v) is 5.29. The molecule has 0 aliphatic rings. The van der Waals surface area contributed by atoms with Crippen molar-refractivity contribution in [1.82, 2.24) is 0 Å². The fraction of sp³-hybridized carbons (Fsp3) is 0.250. The minimum Gasteiger partial charge on any atom is -0.383 e. The van der Waals surface area contributed by atoms with E-state index >= 15 is 0 Å². The lowest BCUT2D eigenvalue weighted by Crippen LogP contribution is -1.93. The van der Waals surface area contributed by atoms with Crippen LogP contribution in [0.3, 0.4) is 0 Å². The molecule has 0 spiro atoms. The van der Waals surface area contributed by atoms with Crippen LogP contribution >= 0.6 is 38.9 Å². The first kappa shape index (κ1) is 10.3. The van der Waals surface area contributed by atoms with Crippen LogP contribution in [0.1, 0.15) is 17.9 Å². The molecule has 0 radical (unpaired) electrons. The topological polar surface area (TPSA) is 20.2 Å². The van der Waals surface area contributed by atoms with Gasteiger partial charge < -0.3 is 5.11 Å². The molecular weight excluding hydrogens is 260 g/mol. The summed E-state index contributed by atoms with van der Waals surface area (Å²) in [6.07, 6.45) is -0.598. The maximum absolute atomic E-state index is 9.57. The maximum Gasteiger partial charge on any atom is 0.109 e. The van der Waals surface area contributed by atoms with Crippen LogP contribution in [-0.2, 0) is 0 Å². The van der Waals surface area contributed by atoms with Crippen LogP contribution in [0.4, 0.5) is 0 Å². The molecule has 1 unspecified atom stereocenters. The zero-order chi connectivity index (χ0) is 9.30.